The number of hydrogen-bond donors (Lipinski definition) is 2. The summed E-state index contributed by atoms with van der Waals surface area (Å²) in [5.74, 6) is -3.75. The number of rotatable bonds is 3. The Balaban J connectivity index is 1.66. The molecule has 136 valence electrons. The second-order valence-corrected chi connectivity index (χ2v) is 6.03. The lowest BCUT2D eigenvalue weighted by Gasteiger charge is -2.09. The van der Waals surface area contributed by atoms with E-state index in [9.17, 15) is 18.4 Å². The van der Waals surface area contributed by atoms with Crippen LogP contribution >= 0.6 is 11.6 Å². The molecule has 0 fully saturated rings. The highest BCUT2D eigenvalue weighted by Gasteiger charge is 2.17. The van der Waals surface area contributed by atoms with E-state index in [0.29, 0.717) is 5.02 Å². The van der Waals surface area contributed by atoms with Crippen LogP contribution in [0.15, 0.2) is 66.7 Å². The number of carbonyl (C=O) groups is 2. The average molecular weight is 387 g/mol. The van der Waals surface area contributed by atoms with E-state index in [0.717, 1.165) is 29.3 Å². The Labute approximate surface area is 158 Å². The second kappa shape index (κ2) is 7.97. The number of hydrazine groups is 1. The number of benzene rings is 3. The van der Waals surface area contributed by atoms with Gasteiger partial charge in [0, 0.05) is 10.6 Å². The smallest absolute Gasteiger partial charge is 0.267 e. The quantitative estimate of drug-likeness (QED) is 0.657. The van der Waals surface area contributed by atoms with Gasteiger partial charge >= 0.3 is 0 Å². The molecule has 7 heteroatoms. The Kier molecular flexibility index (Phi) is 5.47. The van der Waals surface area contributed by atoms with Crippen molar-refractivity contribution in [1.29, 1.82) is 0 Å². The summed E-state index contributed by atoms with van der Waals surface area (Å²) in [6, 6.07) is 16.9. The van der Waals surface area contributed by atoms with Crippen molar-refractivity contribution in [3.05, 3.63) is 94.5 Å². The topological polar surface area (TPSA) is 58.2 Å². The van der Waals surface area contributed by atoms with Crippen LogP contribution in [0.2, 0.25) is 5.02 Å². The van der Waals surface area contributed by atoms with E-state index < -0.39 is 29.0 Å². The van der Waals surface area contributed by atoms with Crippen LogP contribution in [0.4, 0.5) is 8.78 Å². The van der Waals surface area contributed by atoms with Gasteiger partial charge in [-0.25, -0.2) is 8.78 Å². The van der Waals surface area contributed by atoms with Crippen LogP contribution in [-0.4, -0.2) is 11.8 Å². The van der Waals surface area contributed by atoms with Gasteiger partial charge in [0.2, 0.25) is 0 Å². The molecule has 2 N–H and O–H groups in total. The minimum atomic E-state index is -1.09. The number of amides is 2. The van der Waals surface area contributed by atoms with Gasteiger partial charge in [0.05, 0.1) is 0 Å². The molecule has 0 saturated heterocycles. The summed E-state index contributed by atoms with van der Waals surface area (Å²) in [5.41, 5.74) is 5.43. The molecule has 4 nitrogen and oxygen atoms in total. The van der Waals surface area contributed by atoms with Crippen molar-refractivity contribution in [1.82, 2.24) is 10.9 Å². The van der Waals surface area contributed by atoms with Gasteiger partial charge in [-0.15, -0.1) is 0 Å². The van der Waals surface area contributed by atoms with Crippen LogP contribution in [0.1, 0.15) is 20.7 Å². The molecule has 0 unspecified atom stereocenters. The normalized spacial score (nSPS) is 10.3. The van der Waals surface area contributed by atoms with Gasteiger partial charge in [-0.1, -0.05) is 41.9 Å². The molecule has 0 heterocycles. The van der Waals surface area contributed by atoms with Crippen LogP contribution in [0.3, 0.4) is 0 Å². The van der Waals surface area contributed by atoms with E-state index in [1.54, 1.807) is 36.4 Å². The largest absolute Gasteiger partial charge is 0.275 e. The Morgan fingerprint density at radius 2 is 1.19 bits per heavy atom. The molecule has 0 atom stereocenters. The molecule has 0 saturated carbocycles. The molecule has 2 amide bonds. The predicted molar refractivity (Wildman–Crippen MR) is 98.2 cm³/mol. The van der Waals surface area contributed by atoms with Gasteiger partial charge in [-0.05, 0) is 47.5 Å². The van der Waals surface area contributed by atoms with Gasteiger partial charge < -0.3 is 0 Å². The Hall–Kier alpha value is -3.25. The van der Waals surface area contributed by atoms with E-state index in [4.69, 9.17) is 11.6 Å². The van der Waals surface area contributed by atoms with Crippen LogP contribution in [0.25, 0.3) is 11.1 Å². The lowest BCUT2D eigenvalue weighted by atomic mass is 10.0. The zero-order valence-electron chi connectivity index (χ0n) is 13.8. The summed E-state index contributed by atoms with van der Waals surface area (Å²) in [4.78, 5) is 24.0. The first kappa shape index (κ1) is 18.5. The molecule has 0 aliphatic rings. The van der Waals surface area contributed by atoms with E-state index in [1.165, 1.54) is 0 Å². The monoisotopic (exact) mass is 386 g/mol. The first-order valence-corrected chi connectivity index (χ1v) is 8.24. The molecular formula is C20H13ClF2N2O2. The molecule has 3 aromatic carbocycles. The Morgan fingerprint density at radius 3 is 1.74 bits per heavy atom. The summed E-state index contributed by atoms with van der Waals surface area (Å²) in [5, 5.41) is 0.622. The maximum Gasteiger partial charge on any atom is 0.275 e. The molecule has 0 aliphatic heterocycles. The third-order valence-corrected chi connectivity index (χ3v) is 4.06. The number of halogens is 3. The van der Waals surface area contributed by atoms with Crippen molar-refractivity contribution in [2.75, 3.05) is 0 Å². The number of carbonyl (C=O) groups excluding carboxylic acids is 2. The van der Waals surface area contributed by atoms with Crippen LogP contribution in [0.5, 0.6) is 0 Å². The lowest BCUT2D eigenvalue weighted by molar-refractivity contribution is 0.0841. The van der Waals surface area contributed by atoms with Crippen LogP contribution in [-0.2, 0) is 0 Å². The molecule has 0 aliphatic carbocycles. The predicted octanol–water partition coefficient (Wildman–Crippen LogP) is 4.36. The number of nitrogens with one attached hydrogen (secondary N) is 2. The minimum absolute atomic E-state index is 0.266. The van der Waals surface area contributed by atoms with Crippen LogP contribution < -0.4 is 10.9 Å². The molecule has 0 aromatic heterocycles. The second-order valence-electron chi connectivity index (χ2n) is 5.59. The van der Waals surface area contributed by atoms with Crippen molar-refractivity contribution < 1.29 is 18.4 Å². The molecular weight excluding hydrogens is 374 g/mol. The maximum atomic E-state index is 13.6. The number of hydrogen-bond acceptors (Lipinski definition) is 2. The van der Waals surface area contributed by atoms with Gasteiger partial charge in [0.25, 0.3) is 11.8 Å². The molecule has 27 heavy (non-hydrogen) atoms. The van der Waals surface area contributed by atoms with Crippen molar-refractivity contribution in [3.8, 4) is 11.1 Å². The summed E-state index contributed by atoms with van der Waals surface area (Å²) < 4.78 is 27.1. The third-order valence-electron chi connectivity index (χ3n) is 3.80. The molecule has 0 bridgehead atoms. The van der Waals surface area contributed by atoms with Crippen molar-refractivity contribution in [3.63, 3.8) is 0 Å². The average Bonchev–Trinajstić information content (AvgIpc) is 2.67. The lowest BCUT2D eigenvalue weighted by Crippen LogP contribution is -2.42. The molecule has 0 spiro atoms. The fourth-order valence-corrected chi connectivity index (χ4v) is 2.55. The SMILES string of the molecule is O=C(NNC(=O)c1c(F)cccc1F)c1ccc(-c2ccc(Cl)cc2)cc1. The highest BCUT2D eigenvalue weighted by atomic mass is 35.5. The van der Waals surface area contributed by atoms with Gasteiger partial charge in [0.15, 0.2) is 0 Å². The van der Waals surface area contributed by atoms with E-state index >= 15 is 0 Å². The minimum Gasteiger partial charge on any atom is -0.267 e. The first-order valence-electron chi connectivity index (χ1n) is 7.86. The van der Waals surface area contributed by atoms with Crippen molar-refractivity contribution in [2.45, 2.75) is 0 Å². The summed E-state index contributed by atoms with van der Waals surface area (Å²) in [6.07, 6.45) is 0. The highest BCUT2D eigenvalue weighted by molar-refractivity contribution is 6.30. The van der Waals surface area contributed by atoms with E-state index in [-0.39, 0.29) is 5.56 Å². The van der Waals surface area contributed by atoms with E-state index in [1.807, 2.05) is 17.6 Å². The fraction of sp³-hybridized carbons (Fsp3) is 0. The van der Waals surface area contributed by atoms with Crippen LogP contribution in [0, 0.1) is 11.6 Å². The third kappa shape index (κ3) is 4.30. The first-order chi connectivity index (χ1) is 13.0. The maximum absolute atomic E-state index is 13.6. The van der Waals surface area contributed by atoms with Crippen molar-refractivity contribution in [2.24, 2.45) is 0 Å². The summed E-state index contributed by atoms with van der Waals surface area (Å²) in [7, 11) is 0. The zero-order valence-corrected chi connectivity index (χ0v) is 14.6. The molecule has 3 aromatic rings. The van der Waals surface area contributed by atoms with E-state index in [2.05, 4.69) is 5.43 Å². The Morgan fingerprint density at radius 1 is 0.704 bits per heavy atom. The van der Waals surface area contributed by atoms with Gasteiger partial charge in [-0.2, -0.15) is 0 Å². The van der Waals surface area contributed by atoms with Gasteiger partial charge in [0.1, 0.15) is 17.2 Å². The van der Waals surface area contributed by atoms with Gasteiger partial charge in [-0.3, -0.25) is 20.4 Å². The zero-order chi connectivity index (χ0) is 19.4. The fourth-order valence-electron chi connectivity index (χ4n) is 2.42. The summed E-state index contributed by atoms with van der Waals surface area (Å²) >= 11 is 5.86. The van der Waals surface area contributed by atoms with Crippen molar-refractivity contribution >= 4 is 23.4 Å². The Bertz CT molecular complexity index is 970. The highest BCUT2D eigenvalue weighted by Crippen LogP contribution is 2.21. The standard InChI is InChI=1S/C20H13ClF2N2O2/c21-15-10-8-13(9-11-15)12-4-6-14(7-5-12)19(26)24-25-20(27)18-16(22)2-1-3-17(18)23/h1-11H,(H,24,26)(H,25,27). The molecule has 0 radical (unpaired) electrons. The molecule has 3 rings (SSSR count). The summed E-state index contributed by atoms with van der Waals surface area (Å²) in [6.45, 7) is 0.